The normalized spacial score (nSPS) is 29.6. The molecule has 0 amide bonds. The molecule has 2 rings (SSSR count). The summed E-state index contributed by atoms with van der Waals surface area (Å²) in [5.41, 5.74) is 0. The molecule has 0 aromatic carbocycles. The molecule has 0 aromatic rings. The first-order chi connectivity index (χ1) is 8.75. The topological polar surface area (TPSA) is 33.6 Å². The number of amidine groups is 1. The van der Waals surface area contributed by atoms with Crippen molar-refractivity contribution in [2.45, 2.75) is 45.6 Å². The Morgan fingerprint density at radius 1 is 1.44 bits per heavy atom. The van der Waals surface area contributed by atoms with E-state index >= 15 is 0 Å². The number of ether oxygens (including phenoxy) is 1. The maximum Gasteiger partial charge on any atom is 0.156 e. The summed E-state index contributed by atoms with van der Waals surface area (Å²) in [7, 11) is 0. The van der Waals surface area contributed by atoms with Crippen molar-refractivity contribution in [3.8, 4) is 0 Å². The highest BCUT2D eigenvalue weighted by atomic mass is 32.2. The van der Waals surface area contributed by atoms with E-state index < -0.39 is 0 Å². The molecule has 0 radical (unpaired) electrons. The molecule has 0 spiro atoms. The third kappa shape index (κ3) is 4.47. The molecule has 4 heteroatoms. The van der Waals surface area contributed by atoms with Crippen LogP contribution in [0, 0.1) is 11.8 Å². The van der Waals surface area contributed by atoms with Crippen molar-refractivity contribution in [2.24, 2.45) is 16.8 Å². The lowest BCUT2D eigenvalue weighted by molar-refractivity contribution is 0.109. The number of hydrogen-bond donors (Lipinski definition) is 1. The first kappa shape index (κ1) is 14.2. The fourth-order valence-electron chi connectivity index (χ4n) is 2.57. The van der Waals surface area contributed by atoms with E-state index in [4.69, 9.17) is 4.74 Å². The van der Waals surface area contributed by atoms with Gasteiger partial charge in [-0.05, 0) is 31.1 Å². The number of nitrogens with zero attached hydrogens (tertiary/aromatic N) is 1. The van der Waals surface area contributed by atoms with Crippen molar-refractivity contribution in [3.05, 3.63) is 0 Å². The van der Waals surface area contributed by atoms with Gasteiger partial charge in [-0.1, -0.05) is 32.0 Å². The minimum absolute atomic E-state index is 0.631. The van der Waals surface area contributed by atoms with E-state index in [0.29, 0.717) is 12.0 Å². The third-order valence-electron chi connectivity index (χ3n) is 3.56. The summed E-state index contributed by atoms with van der Waals surface area (Å²) in [6.07, 6.45) is 5.16. The summed E-state index contributed by atoms with van der Waals surface area (Å²) in [6.45, 7) is 6.96. The second kappa shape index (κ2) is 7.39. The van der Waals surface area contributed by atoms with E-state index in [1.165, 1.54) is 30.2 Å². The van der Waals surface area contributed by atoms with Gasteiger partial charge in [-0.25, -0.2) is 0 Å². The van der Waals surface area contributed by atoms with Crippen molar-refractivity contribution < 1.29 is 4.74 Å². The van der Waals surface area contributed by atoms with Gasteiger partial charge in [0.25, 0.3) is 0 Å². The molecule has 104 valence electrons. The summed E-state index contributed by atoms with van der Waals surface area (Å²) in [5.74, 6) is 2.79. The van der Waals surface area contributed by atoms with Crippen LogP contribution >= 0.6 is 11.8 Å². The Morgan fingerprint density at radius 2 is 2.33 bits per heavy atom. The predicted molar refractivity (Wildman–Crippen MR) is 79.3 cm³/mol. The van der Waals surface area contributed by atoms with Crippen LogP contribution in [0.3, 0.4) is 0 Å². The Labute approximate surface area is 115 Å². The van der Waals surface area contributed by atoms with Gasteiger partial charge in [0, 0.05) is 31.6 Å². The molecule has 2 atom stereocenters. The lowest BCUT2D eigenvalue weighted by Gasteiger charge is -2.28. The molecule has 0 aromatic heterocycles. The van der Waals surface area contributed by atoms with Crippen molar-refractivity contribution >= 4 is 16.9 Å². The minimum atomic E-state index is 0.631. The Hall–Kier alpha value is -0.220. The summed E-state index contributed by atoms with van der Waals surface area (Å²) >= 11 is 1.91. The highest BCUT2D eigenvalue weighted by Gasteiger charge is 2.31. The second-order valence-corrected chi connectivity index (χ2v) is 6.77. The minimum Gasteiger partial charge on any atom is -0.381 e. The lowest BCUT2D eigenvalue weighted by atomic mass is 10.1. The van der Waals surface area contributed by atoms with Gasteiger partial charge in [0.05, 0.1) is 0 Å². The van der Waals surface area contributed by atoms with Crippen LogP contribution in [0.15, 0.2) is 4.99 Å². The van der Waals surface area contributed by atoms with Crippen LogP contribution in [0.4, 0.5) is 0 Å². The Morgan fingerprint density at radius 3 is 3.17 bits per heavy atom. The first-order valence-electron chi connectivity index (χ1n) is 7.27. The highest BCUT2D eigenvalue weighted by molar-refractivity contribution is 8.13. The maximum absolute atomic E-state index is 5.56. The van der Waals surface area contributed by atoms with Crippen molar-refractivity contribution in [1.29, 1.82) is 0 Å². The second-order valence-electron chi connectivity index (χ2n) is 5.76. The summed E-state index contributed by atoms with van der Waals surface area (Å²) in [4.78, 5) is 4.65. The van der Waals surface area contributed by atoms with E-state index in [1.54, 1.807) is 0 Å². The highest BCUT2D eigenvalue weighted by Crippen LogP contribution is 2.32. The van der Waals surface area contributed by atoms with Crippen LogP contribution in [-0.4, -0.2) is 36.7 Å². The van der Waals surface area contributed by atoms with E-state index in [2.05, 4.69) is 24.2 Å². The standard InChI is InChI=1S/C14H26N2OS/c1-11(2)9-17-8-4-7-15-14-16-13-6-3-5-12(13)10-18-14/h11-13H,3-10H2,1-2H3,(H,15,16). The molecule has 1 aliphatic heterocycles. The Kier molecular flexibility index (Phi) is 5.83. The smallest absolute Gasteiger partial charge is 0.156 e. The van der Waals surface area contributed by atoms with E-state index in [1.807, 2.05) is 11.8 Å². The van der Waals surface area contributed by atoms with Gasteiger partial charge in [0.2, 0.25) is 0 Å². The van der Waals surface area contributed by atoms with Gasteiger partial charge in [-0.15, -0.1) is 0 Å². The predicted octanol–water partition coefficient (Wildman–Crippen LogP) is 2.91. The van der Waals surface area contributed by atoms with Crippen LogP contribution in [0.25, 0.3) is 0 Å². The van der Waals surface area contributed by atoms with Crippen LogP contribution in [0.1, 0.15) is 39.5 Å². The molecule has 2 aliphatic rings. The number of aliphatic imine (C=N–C) groups is 1. The van der Waals surface area contributed by atoms with E-state index in [9.17, 15) is 0 Å². The average Bonchev–Trinajstić information content (AvgIpc) is 2.80. The summed E-state index contributed by atoms with van der Waals surface area (Å²) in [5, 5.41) is 4.77. The summed E-state index contributed by atoms with van der Waals surface area (Å²) < 4.78 is 5.56. The molecular formula is C14H26N2OS. The molecular weight excluding hydrogens is 244 g/mol. The van der Waals surface area contributed by atoms with Crippen molar-refractivity contribution in [2.75, 3.05) is 25.5 Å². The SMILES string of the molecule is CC(C)COCCCN=C1NC2CCCC2CS1. The quantitative estimate of drug-likeness (QED) is 0.754. The summed E-state index contributed by atoms with van der Waals surface area (Å²) in [6, 6.07) is 0.710. The Balaban J connectivity index is 1.58. The van der Waals surface area contributed by atoms with Crippen LogP contribution in [0.5, 0.6) is 0 Å². The Bertz CT molecular complexity index is 281. The van der Waals surface area contributed by atoms with Crippen molar-refractivity contribution in [1.82, 2.24) is 5.32 Å². The zero-order valence-electron chi connectivity index (χ0n) is 11.7. The average molecular weight is 270 g/mol. The molecule has 0 bridgehead atoms. The molecule has 1 aliphatic carbocycles. The number of hydrogen-bond acceptors (Lipinski definition) is 3. The monoisotopic (exact) mass is 270 g/mol. The van der Waals surface area contributed by atoms with Crippen LogP contribution in [0.2, 0.25) is 0 Å². The largest absolute Gasteiger partial charge is 0.381 e. The van der Waals surface area contributed by atoms with Crippen molar-refractivity contribution in [3.63, 3.8) is 0 Å². The number of thioether (sulfide) groups is 1. The molecule has 18 heavy (non-hydrogen) atoms. The van der Waals surface area contributed by atoms with Gasteiger partial charge in [-0.3, -0.25) is 4.99 Å². The number of rotatable bonds is 6. The molecule has 3 nitrogen and oxygen atoms in total. The van der Waals surface area contributed by atoms with Gasteiger partial charge in [0.15, 0.2) is 5.17 Å². The van der Waals surface area contributed by atoms with Gasteiger partial charge >= 0.3 is 0 Å². The first-order valence-corrected chi connectivity index (χ1v) is 8.26. The molecule has 1 saturated heterocycles. The zero-order chi connectivity index (χ0) is 12.8. The maximum atomic E-state index is 5.56. The fourth-order valence-corrected chi connectivity index (χ4v) is 3.76. The molecule has 1 saturated carbocycles. The van der Waals surface area contributed by atoms with Gasteiger partial charge in [0.1, 0.15) is 0 Å². The van der Waals surface area contributed by atoms with Gasteiger partial charge < -0.3 is 10.1 Å². The molecule has 2 unspecified atom stereocenters. The van der Waals surface area contributed by atoms with Crippen LogP contribution < -0.4 is 5.32 Å². The van der Waals surface area contributed by atoms with E-state index in [0.717, 1.165) is 32.1 Å². The third-order valence-corrected chi connectivity index (χ3v) is 4.67. The number of nitrogens with one attached hydrogen (secondary N) is 1. The molecule has 1 heterocycles. The number of fused-ring (bicyclic) bond motifs is 1. The van der Waals surface area contributed by atoms with Gasteiger partial charge in [-0.2, -0.15) is 0 Å². The fraction of sp³-hybridized carbons (Fsp3) is 0.929. The van der Waals surface area contributed by atoms with E-state index in [-0.39, 0.29) is 0 Å². The zero-order valence-corrected chi connectivity index (χ0v) is 12.5. The molecule has 2 fully saturated rings. The van der Waals surface area contributed by atoms with Crippen LogP contribution in [-0.2, 0) is 4.74 Å². The lowest BCUT2D eigenvalue weighted by Crippen LogP contribution is -2.41. The molecule has 1 N–H and O–H groups in total.